The number of aromatic nitrogens is 1. The molecule has 2 heteroatoms. The number of aryl methyl sites for hydroxylation is 2. The van der Waals surface area contributed by atoms with Crippen molar-refractivity contribution in [3.63, 3.8) is 0 Å². The minimum atomic E-state index is 0.247. The largest absolute Gasteiger partial charge is 0.364 e. The first kappa shape index (κ1) is 6.65. The highest BCUT2D eigenvalue weighted by Crippen LogP contribution is 2.15. The molecule has 0 saturated carbocycles. The van der Waals surface area contributed by atoms with E-state index in [0.29, 0.717) is 0 Å². The quantitative estimate of drug-likeness (QED) is 0.590. The van der Waals surface area contributed by atoms with Crippen LogP contribution in [0.25, 0.3) is 0 Å². The highest BCUT2D eigenvalue weighted by atomic mass is 16.1. The fourth-order valence-electron chi connectivity index (χ4n) is 1.65. The summed E-state index contributed by atoms with van der Waals surface area (Å²) < 4.78 is 0. The predicted octanol–water partition coefficient (Wildman–Crippen LogP) is 1.17. The SMILES string of the molecule is Cc1c[nH]c2c(c1=O)CCC2. The highest BCUT2D eigenvalue weighted by molar-refractivity contribution is 5.28. The van der Waals surface area contributed by atoms with Crippen LogP contribution in [-0.2, 0) is 12.8 Å². The van der Waals surface area contributed by atoms with E-state index < -0.39 is 0 Å². The molecule has 1 heterocycles. The molecule has 0 spiro atoms. The van der Waals surface area contributed by atoms with Crippen molar-refractivity contribution in [1.82, 2.24) is 4.98 Å². The average Bonchev–Trinajstić information content (AvgIpc) is 2.45. The van der Waals surface area contributed by atoms with Gasteiger partial charge in [-0.25, -0.2) is 0 Å². The van der Waals surface area contributed by atoms with E-state index in [1.54, 1.807) is 0 Å². The molecule has 0 atom stereocenters. The van der Waals surface area contributed by atoms with Gasteiger partial charge in [0.1, 0.15) is 0 Å². The van der Waals surface area contributed by atoms with Crippen molar-refractivity contribution in [3.05, 3.63) is 33.2 Å². The standard InChI is InChI=1S/C9H11NO/c1-6-5-10-8-4-2-3-7(8)9(6)11/h5H,2-4H2,1H3,(H,10,11). The van der Waals surface area contributed by atoms with Gasteiger partial charge in [0.05, 0.1) is 0 Å². The molecule has 1 aromatic heterocycles. The van der Waals surface area contributed by atoms with Gasteiger partial charge in [-0.1, -0.05) is 0 Å². The summed E-state index contributed by atoms with van der Waals surface area (Å²) in [6.45, 7) is 1.86. The third-order valence-corrected chi connectivity index (χ3v) is 2.31. The Labute approximate surface area is 65.3 Å². The van der Waals surface area contributed by atoms with Crippen molar-refractivity contribution in [2.24, 2.45) is 0 Å². The molecule has 0 aliphatic heterocycles. The average molecular weight is 149 g/mol. The van der Waals surface area contributed by atoms with Crippen LogP contribution < -0.4 is 5.43 Å². The highest BCUT2D eigenvalue weighted by Gasteiger charge is 2.14. The van der Waals surface area contributed by atoms with Gasteiger partial charge in [-0.15, -0.1) is 0 Å². The fourth-order valence-corrected chi connectivity index (χ4v) is 1.65. The lowest BCUT2D eigenvalue weighted by Gasteiger charge is -1.98. The van der Waals surface area contributed by atoms with Crippen molar-refractivity contribution in [1.29, 1.82) is 0 Å². The summed E-state index contributed by atoms with van der Waals surface area (Å²) in [5.41, 5.74) is 3.26. The molecule has 0 aromatic carbocycles. The Bertz CT molecular complexity index is 338. The number of pyridine rings is 1. The van der Waals surface area contributed by atoms with Crippen molar-refractivity contribution in [3.8, 4) is 0 Å². The molecule has 1 aromatic rings. The molecule has 0 saturated heterocycles. The minimum absolute atomic E-state index is 0.247. The van der Waals surface area contributed by atoms with E-state index in [0.717, 1.165) is 36.1 Å². The molecular formula is C9H11NO. The lowest BCUT2D eigenvalue weighted by atomic mass is 10.1. The summed E-state index contributed by atoms with van der Waals surface area (Å²) in [7, 11) is 0. The van der Waals surface area contributed by atoms with E-state index in [-0.39, 0.29) is 5.43 Å². The van der Waals surface area contributed by atoms with Gasteiger partial charge >= 0.3 is 0 Å². The second kappa shape index (κ2) is 2.22. The van der Waals surface area contributed by atoms with Crippen LogP contribution in [0.4, 0.5) is 0 Å². The maximum absolute atomic E-state index is 11.4. The summed E-state index contributed by atoms with van der Waals surface area (Å²) in [6, 6.07) is 0. The first-order valence-electron chi connectivity index (χ1n) is 3.99. The molecular weight excluding hydrogens is 138 g/mol. The van der Waals surface area contributed by atoms with Crippen LogP contribution in [0.15, 0.2) is 11.0 Å². The second-order valence-electron chi connectivity index (χ2n) is 3.11. The maximum Gasteiger partial charge on any atom is 0.187 e. The van der Waals surface area contributed by atoms with Crippen LogP contribution in [0, 0.1) is 6.92 Å². The number of rotatable bonds is 0. The number of hydrogen-bond donors (Lipinski definition) is 1. The zero-order valence-electron chi connectivity index (χ0n) is 6.61. The molecule has 0 radical (unpaired) electrons. The molecule has 2 rings (SSSR count). The summed E-state index contributed by atoms with van der Waals surface area (Å²) in [4.78, 5) is 14.6. The van der Waals surface area contributed by atoms with Gasteiger partial charge in [0.15, 0.2) is 5.43 Å². The lowest BCUT2D eigenvalue weighted by Crippen LogP contribution is -2.12. The number of hydrogen-bond acceptors (Lipinski definition) is 1. The number of H-pyrrole nitrogens is 1. The molecule has 2 nitrogen and oxygen atoms in total. The smallest absolute Gasteiger partial charge is 0.187 e. The lowest BCUT2D eigenvalue weighted by molar-refractivity contribution is 0.898. The van der Waals surface area contributed by atoms with Crippen LogP contribution in [-0.4, -0.2) is 4.98 Å². The second-order valence-corrected chi connectivity index (χ2v) is 3.11. The summed E-state index contributed by atoms with van der Waals surface area (Å²) in [5.74, 6) is 0. The van der Waals surface area contributed by atoms with Crippen molar-refractivity contribution in [2.45, 2.75) is 26.2 Å². The molecule has 1 N–H and O–H groups in total. The van der Waals surface area contributed by atoms with Crippen molar-refractivity contribution in [2.75, 3.05) is 0 Å². The molecule has 11 heavy (non-hydrogen) atoms. The van der Waals surface area contributed by atoms with E-state index in [9.17, 15) is 4.79 Å². The van der Waals surface area contributed by atoms with E-state index in [1.807, 2.05) is 13.1 Å². The van der Waals surface area contributed by atoms with Gasteiger partial charge in [0.2, 0.25) is 0 Å². The molecule has 0 amide bonds. The molecule has 0 bridgehead atoms. The van der Waals surface area contributed by atoms with E-state index in [4.69, 9.17) is 0 Å². The monoisotopic (exact) mass is 149 g/mol. The Kier molecular flexibility index (Phi) is 1.34. The van der Waals surface area contributed by atoms with E-state index >= 15 is 0 Å². The van der Waals surface area contributed by atoms with Gasteiger partial charge in [0, 0.05) is 23.0 Å². The summed E-state index contributed by atoms with van der Waals surface area (Å²) >= 11 is 0. The predicted molar refractivity (Wildman–Crippen MR) is 43.8 cm³/mol. The van der Waals surface area contributed by atoms with Gasteiger partial charge in [-0.05, 0) is 26.2 Å². The minimum Gasteiger partial charge on any atom is -0.364 e. The van der Waals surface area contributed by atoms with Gasteiger partial charge in [-0.2, -0.15) is 0 Å². The Morgan fingerprint density at radius 1 is 1.45 bits per heavy atom. The van der Waals surface area contributed by atoms with Crippen molar-refractivity contribution < 1.29 is 0 Å². The number of nitrogens with one attached hydrogen (secondary N) is 1. The van der Waals surface area contributed by atoms with Crippen molar-refractivity contribution >= 4 is 0 Å². The number of aromatic amines is 1. The molecule has 58 valence electrons. The number of fused-ring (bicyclic) bond motifs is 1. The van der Waals surface area contributed by atoms with Crippen LogP contribution in [0.5, 0.6) is 0 Å². The van der Waals surface area contributed by atoms with E-state index in [1.165, 1.54) is 0 Å². The molecule has 0 fully saturated rings. The fraction of sp³-hybridized carbons (Fsp3) is 0.444. The normalized spacial score (nSPS) is 15.0. The van der Waals surface area contributed by atoms with E-state index in [2.05, 4.69) is 4.98 Å². The van der Waals surface area contributed by atoms with Crippen LogP contribution in [0.3, 0.4) is 0 Å². The zero-order chi connectivity index (χ0) is 7.84. The molecule has 1 aliphatic rings. The van der Waals surface area contributed by atoms with Gasteiger partial charge in [0.25, 0.3) is 0 Å². The Morgan fingerprint density at radius 3 is 3.09 bits per heavy atom. The first-order valence-corrected chi connectivity index (χ1v) is 3.99. The summed E-state index contributed by atoms with van der Waals surface area (Å²) in [6.07, 6.45) is 4.95. The maximum atomic E-state index is 11.4. The van der Waals surface area contributed by atoms with Crippen LogP contribution in [0.1, 0.15) is 23.2 Å². The molecule has 0 unspecified atom stereocenters. The zero-order valence-corrected chi connectivity index (χ0v) is 6.61. The van der Waals surface area contributed by atoms with Crippen LogP contribution in [0.2, 0.25) is 0 Å². The Morgan fingerprint density at radius 2 is 2.27 bits per heavy atom. The Hall–Kier alpha value is -1.05. The topological polar surface area (TPSA) is 32.9 Å². The van der Waals surface area contributed by atoms with Crippen LogP contribution >= 0.6 is 0 Å². The summed E-state index contributed by atoms with van der Waals surface area (Å²) in [5, 5.41) is 0. The van der Waals surface area contributed by atoms with Gasteiger partial charge in [-0.3, -0.25) is 4.79 Å². The molecule has 1 aliphatic carbocycles. The third-order valence-electron chi connectivity index (χ3n) is 2.31. The Balaban J connectivity index is 2.72. The third kappa shape index (κ3) is 0.897. The first-order chi connectivity index (χ1) is 5.29. The van der Waals surface area contributed by atoms with Gasteiger partial charge < -0.3 is 4.98 Å².